The van der Waals surface area contributed by atoms with Gasteiger partial charge in [-0.15, -0.1) is 0 Å². The van der Waals surface area contributed by atoms with Crippen LogP contribution >= 0.6 is 11.6 Å². The number of rotatable bonds is 3. The number of furan rings is 1. The standard InChI is InChI=1S/C17H11ClFNO2/c18-13-10-11(6-7-14(13)19)15-8-9-16(22-15)17(21)20-12-4-2-1-3-5-12/h1-10H,(H,20,21). The molecule has 1 N–H and O–H groups in total. The molecule has 5 heteroatoms. The number of hydrogen-bond acceptors (Lipinski definition) is 2. The minimum Gasteiger partial charge on any atom is -0.451 e. The third-order valence-corrected chi connectivity index (χ3v) is 3.36. The van der Waals surface area contributed by atoms with E-state index in [1.807, 2.05) is 18.2 Å². The van der Waals surface area contributed by atoms with Gasteiger partial charge >= 0.3 is 0 Å². The number of nitrogens with one attached hydrogen (secondary N) is 1. The third-order valence-electron chi connectivity index (χ3n) is 3.07. The van der Waals surface area contributed by atoms with E-state index in [1.54, 1.807) is 30.3 Å². The topological polar surface area (TPSA) is 42.2 Å². The lowest BCUT2D eigenvalue weighted by atomic mass is 10.2. The molecule has 3 nitrogen and oxygen atoms in total. The maximum Gasteiger partial charge on any atom is 0.291 e. The summed E-state index contributed by atoms with van der Waals surface area (Å²) < 4.78 is 18.7. The van der Waals surface area contributed by atoms with Crippen molar-refractivity contribution in [2.45, 2.75) is 0 Å². The summed E-state index contributed by atoms with van der Waals surface area (Å²) in [6.07, 6.45) is 0. The minimum absolute atomic E-state index is 0.00388. The molecule has 0 aliphatic heterocycles. The Kier molecular flexibility index (Phi) is 3.94. The van der Waals surface area contributed by atoms with Crippen LogP contribution in [0.25, 0.3) is 11.3 Å². The predicted molar refractivity (Wildman–Crippen MR) is 83.5 cm³/mol. The maximum atomic E-state index is 13.2. The molecule has 0 aliphatic rings. The van der Waals surface area contributed by atoms with Gasteiger partial charge in [0.2, 0.25) is 0 Å². The highest BCUT2D eigenvalue weighted by Crippen LogP contribution is 2.26. The largest absolute Gasteiger partial charge is 0.451 e. The molecule has 2 aromatic carbocycles. The molecule has 22 heavy (non-hydrogen) atoms. The molecule has 0 saturated carbocycles. The summed E-state index contributed by atoms with van der Waals surface area (Å²) in [6.45, 7) is 0. The van der Waals surface area contributed by atoms with Crippen molar-refractivity contribution in [2.24, 2.45) is 0 Å². The second kappa shape index (κ2) is 6.03. The molecule has 0 saturated heterocycles. The molecule has 0 unspecified atom stereocenters. The van der Waals surface area contributed by atoms with Crippen molar-refractivity contribution < 1.29 is 13.6 Å². The number of halogens is 2. The van der Waals surface area contributed by atoms with E-state index < -0.39 is 5.82 Å². The van der Waals surface area contributed by atoms with E-state index in [0.29, 0.717) is 17.0 Å². The van der Waals surface area contributed by atoms with E-state index in [1.165, 1.54) is 12.1 Å². The zero-order valence-corrected chi connectivity index (χ0v) is 12.1. The fourth-order valence-corrected chi connectivity index (χ4v) is 2.16. The number of para-hydroxylation sites is 1. The average molecular weight is 316 g/mol. The van der Waals surface area contributed by atoms with Crippen molar-refractivity contribution >= 4 is 23.2 Å². The molecule has 1 amide bonds. The molecule has 0 spiro atoms. The van der Waals surface area contributed by atoms with Crippen LogP contribution in [0.1, 0.15) is 10.6 Å². The Morgan fingerprint density at radius 3 is 2.55 bits per heavy atom. The van der Waals surface area contributed by atoms with Crippen LogP contribution in [0, 0.1) is 5.82 Å². The Hall–Kier alpha value is -2.59. The highest BCUT2D eigenvalue weighted by atomic mass is 35.5. The number of carbonyl (C=O) groups is 1. The van der Waals surface area contributed by atoms with Gasteiger partial charge < -0.3 is 9.73 Å². The molecule has 1 heterocycles. The summed E-state index contributed by atoms with van der Waals surface area (Å²) in [5, 5.41) is 2.73. The Labute approximate surface area is 131 Å². The molecule has 0 atom stereocenters. The van der Waals surface area contributed by atoms with Gasteiger partial charge in [0.25, 0.3) is 5.91 Å². The fraction of sp³-hybridized carbons (Fsp3) is 0. The van der Waals surface area contributed by atoms with Crippen molar-refractivity contribution in [1.29, 1.82) is 0 Å². The first-order valence-corrected chi connectivity index (χ1v) is 6.93. The Morgan fingerprint density at radius 1 is 1.05 bits per heavy atom. The quantitative estimate of drug-likeness (QED) is 0.739. The van der Waals surface area contributed by atoms with Crippen molar-refractivity contribution in [3.05, 3.63) is 77.3 Å². The Bertz CT molecular complexity index is 815. The van der Waals surface area contributed by atoms with Crippen molar-refractivity contribution in [2.75, 3.05) is 5.32 Å². The molecule has 110 valence electrons. The van der Waals surface area contributed by atoms with Gasteiger partial charge in [0.05, 0.1) is 5.02 Å². The van der Waals surface area contributed by atoms with Crippen molar-refractivity contribution in [3.63, 3.8) is 0 Å². The summed E-state index contributed by atoms with van der Waals surface area (Å²) in [4.78, 5) is 12.1. The van der Waals surface area contributed by atoms with Crippen molar-refractivity contribution in [1.82, 2.24) is 0 Å². The van der Waals surface area contributed by atoms with Crippen molar-refractivity contribution in [3.8, 4) is 11.3 Å². The van der Waals surface area contributed by atoms with Gasteiger partial charge in [-0.05, 0) is 42.5 Å². The lowest BCUT2D eigenvalue weighted by Crippen LogP contribution is -2.10. The second-order valence-corrected chi connectivity index (χ2v) is 5.02. The van der Waals surface area contributed by atoms with Gasteiger partial charge in [0.1, 0.15) is 11.6 Å². The highest BCUT2D eigenvalue weighted by Gasteiger charge is 2.13. The van der Waals surface area contributed by atoms with Crippen LogP contribution < -0.4 is 5.32 Å². The first kappa shape index (κ1) is 14.4. The molecule has 1 aromatic heterocycles. The monoisotopic (exact) mass is 315 g/mol. The molecule has 0 fully saturated rings. The summed E-state index contributed by atoms with van der Waals surface area (Å²) in [5.41, 5.74) is 1.28. The molecule has 0 radical (unpaired) electrons. The highest BCUT2D eigenvalue weighted by molar-refractivity contribution is 6.31. The number of amides is 1. The molecular weight excluding hydrogens is 305 g/mol. The SMILES string of the molecule is O=C(Nc1ccccc1)c1ccc(-c2ccc(F)c(Cl)c2)o1. The maximum absolute atomic E-state index is 13.2. The smallest absolute Gasteiger partial charge is 0.291 e. The molecule has 0 bridgehead atoms. The summed E-state index contributed by atoms with van der Waals surface area (Å²) >= 11 is 5.74. The number of carbonyl (C=O) groups excluding carboxylic acids is 1. The van der Waals surface area contributed by atoms with Gasteiger partial charge in [0, 0.05) is 11.3 Å². The zero-order chi connectivity index (χ0) is 15.5. The van der Waals surface area contributed by atoms with Crippen LogP contribution in [-0.2, 0) is 0 Å². The third kappa shape index (κ3) is 3.02. The van der Waals surface area contributed by atoms with Crippen LogP contribution in [0.5, 0.6) is 0 Å². The van der Waals surface area contributed by atoms with Gasteiger partial charge in [0.15, 0.2) is 5.76 Å². The van der Waals surface area contributed by atoms with E-state index in [9.17, 15) is 9.18 Å². The lowest BCUT2D eigenvalue weighted by molar-refractivity contribution is 0.0997. The average Bonchev–Trinajstić information content (AvgIpc) is 3.01. The number of anilines is 1. The van der Waals surface area contributed by atoms with Crippen LogP contribution in [0.3, 0.4) is 0 Å². The molecular formula is C17H11ClFNO2. The van der Waals surface area contributed by atoms with E-state index in [0.717, 1.165) is 0 Å². The Balaban J connectivity index is 1.81. The van der Waals surface area contributed by atoms with Crippen LogP contribution in [-0.4, -0.2) is 5.91 Å². The van der Waals surface area contributed by atoms with Gasteiger partial charge in [-0.1, -0.05) is 29.8 Å². The second-order valence-electron chi connectivity index (χ2n) is 4.61. The minimum atomic E-state index is -0.501. The van der Waals surface area contributed by atoms with E-state index in [4.69, 9.17) is 16.0 Å². The first-order valence-electron chi connectivity index (χ1n) is 6.55. The van der Waals surface area contributed by atoms with Crippen LogP contribution in [0.2, 0.25) is 5.02 Å². The molecule has 3 aromatic rings. The Morgan fingerprint density at radius 2 is 1.82 bits per heavy atom. The van der Waals surface area contributed by atoms with Crippen LogP contribution in [0.4, 0.5) is 10.1 Å². The lowest BCUT2D eigenvalue weighted by Gasteiger charge is -2.02. The van der Waals surface area contributed by atoms with Gasteiger partial charge in [-0.2, -0.15) is 0 Å². The predicted octanol–water partition coefficient (Wildman–Crippen LogP) is 4.99. The fourth-order valence-electron chi connectivity index (χ4n) is 1.98. The van der Waals surface area contributed by atoms with E-state index in [-0.39, 0.29) is 16.7 Å². The van der Waals surface area contributed by atoms with Crippen LogP contribution in [0.15, 0.2) is 65.1 Å². The van der Waals surface area contributed by atoms with Gasteiger partial charge in [-0.25, -0.2) is 4.39 Å². The zero-order valence-electron chi connectivity index (χ0n) is 11.3. The summed E-state index contributed by atoms with van der Waals surface area (Å²) in [5.74, 6) is -0.246. The first-order chi connectivity index (χ1) is 10.6. The van der Waals surface area contributed by atoms with E-state index >= 15 is 0 Å². The normalized spacial score (nSPS) is 10.5. The summed E-state index contributed by atoms with van der Waals surface area (Å²) in [6, 6.07) is 16.5. The number of benzene rings is 2. The van der Waals surface area contributed by atoms with Gasteiger partial charge in [-0.3, -0.25) is 4.79 Å². The van der Waals surface area contributed by atoms with E-state index in [2.05, 4.69) is 5.32 Å². The number of hydrogen-bond donors (Lipinski definition) is 1. The molecule has 3 rings (SSSR count). The summed E-state index contributed by atoms with van der Waals surface area (Å²) in [7, 11) is 0. The molecule has 0 aliphatic carbocycles.